The number of alkyl carbamates (subject to hydrolysis) is 1. The Bertz CT molecular complexity index is 1010. The van der Waals surface area contributed by atoms with Crippen molar-refractivity contribution in [1.82, 2.24) is 5.32 Å². The number of aliphatic hydroxyl groups excluding tert-OH is 1. The maximum Gasteiger partial charge on any atom is 0.517 e. The summed E-state index contributed by atoms with van der Waals surface area (Å²) in [5.41, 5.74) is -4.59. The normalized spacial score (nSPS) is 26.6. The van der Waals surface area contributed by atoms with E-state index in [4.69, 9.17) is 4.74 Å². The van der Waals surface area contributed by atoms with E-state index in [1.807, 2.05) is 6.92 Å². The fourth-order valence-corrected chi connectivity index (χ4v) is 6.09. The Kier molecular flexibility index (Phi) is 8.95. The highest BCUT2D eigenvalue weighted by atomic mass is 32.2. The minimum atomic E-state index is -2.31. The first-order chi connectivity index (χ1) is 16.6. The smallest absolute Gasteiger partial charge is 0.517 e. The van der Waals surface area contributed by atoms with Crippen LogP contribution in [0.15, 0.2) is 18.2 Å². The molecule has 12 nitrogen and oxygen atoms in total. The quantitative estimate of drug-likeness (QED) is 0.0927. The molecule has 0 spiro atoms. The number of unbranched alkanes of at least 4 members (excludes halogenated alkanes) is 1. The van der Waals surface area contributed by atoms with Gasteiger partial charge in [0.05, 0.1) is 16.3 Å². The molecule has 0 radical (unpaired) electrons. The van der Waals surface area contributed by atoms with Crippen LogP contribution < -0.4 is 5.32 Å². The van der Waals surface area contributed by atoms with E-state index in [0.29, 0.717) is 6.42 Å². The number of thioether (sulfide) groups is 1. The van der Waals surface area contributed by atoms with E-state index in [1.54, 1.807) is 0 Å². The number of nitrogens with one attached hydrogen (secondary N) is 1. The van der Waals surface area contributed by atoms with Gasteiger partial charge in [-0.25, -0.2) is 14.0 Å². The number of quaternary nitrogens is 1. The van der Waals surface area contributed by atoms with Crippen molar-refractivity contribution < 1.29 is 38.3 Å². The monoisotopic (exact) mass is 532 g/mol. The molecule has 1 amide bonds. The molecule has 2 rings (SSSR count). The molecule has 3 atom stereocenters. The zero-order valence-corrected chi connectivity index (χ0v) is 21.6. The van der Waals surface area contributed by atoms with Gasteiger partial charge in [0.15, 0.2) is 0 Å². The van der Waals surface area contributed by atoms with Crippen molar-refractivity contribution in [1.29, 1.82) is 0 Å². The molecular formula is C22H31FN3O9S-. The first kappa shape index (κ1) is 29.7. The molecule has 1 aliphatic rings. The van der Waals surface area contributed by atoms with Gasteiger partial charge in [0, 0.05) is 30.7 Å². The van der Waals surface area contributed by atoms with Gasteiger partial charge in [0.2, 0.25) is 0 Å². The molecule has 1 aromatic carbocycles. The number of rotatable bonds is 8. The molecule has 1 fully saturated rings. The molecule has 1 saturated heterocycles. The van der Waals surface area contributed by atoms with E-state index in [1.165, 1.54) is 27.7 Å². The number of carbonyl (C=O) groups excluding carboxylic acids is 2. The number of nitro groups is 1. The minimum Gasteiger partial charge on any atom is -0.631 e. The van der Waals surface area contributed by atoms with Crippen LogP contribution in [0.5, 0.6) is 0 Å². The molecule has 0 bridgehead atoms. The van der Waals surface area contributed by atoms with Gasteiger partial charge in [0.1, 0.15) is 22.3 Å². The summed E-state index contributed by atoms with van der Waals surface area (Å²) in [6.07, 6.45) is -1.67. The van der Waals surface area contributed by atoms with Crippen LogP contribution in [0.4, 0.5) is 19.7 Å². The van der Waals surface area contributed by atoms with Crippen molar-refractivity contribution >= 4 is 29.7 Å². The Hall–Kier alpha value is -2.52. The zero-order valence-electron chi connectivity index (χ0n) is 20.7. The number of ether oxygens (including phenoxy) is 2. The Balaban J connectivity index is 2.55. The second-order valence-corrected chi connectivity index (χ2v) is 10.9. The first-order valence-corrected chi connectivity index (χ1v) is 12.2. The van der Waals surface area contributed by atoms with E-state index >= 15 is 4.39 Å². The molecule has 0 aromatic heterocycles. The SMILES string of the molecule is CCCCOC(=O)OC(=O)NC1S[C@](C)(c2cc([N+](=O)[O-])ccc2F)C(C)(CCO)[N+]([O-])([O-])C1(C)C. The molecular weight excluding hydrogens is 501 g/mol. The average Bonchev–Trinajstić information content (AvgIpc) is 2.77. The number of aliphatic hydroxyl groups is 1. The fourth-order valence-electron chi connectivity index (χ4n) is 4.28. The molecule has 0 saturated carbocycles. The van der Waals surface area contributed by atoms with Gasteiger partial charge >= 0.3 is 12.2 Å². The molecule has 1 aliphatic heterocycles. The van der Waals surface area contributed by atoms with Crippen molar-refractivity contribution in [2.45, 2.75) is 75.1 Å². The van der Waals surface area contributed by atoms with Crippen molar-refractivity contribution in [3.8, 4) is 0 Å². The first-order valence-electron chi connectivity index (χ1n) is 11.3. The molecule has 1 heterocycles. The molecule has 36 heavy (non-hydrogen) atoms. The number of benzene rings is 1. The predicted octanol–water partition coefficient (Wildman–Crippen LogP) is 4.42. The molecule has 2 N–H and O–H groups in total. The summed E-state index contributed by atoms with van der Waals surface area (Å²) < 4.78 is 22.7. The van der Waals surface area contributed by atoms with Crippen LogP contribution in [0.1, 0.15) is 59.4 Å². The van der Waals surface area contributed by atoms with Gasteiger partial charge in [-0.15, -0.1) is 11.8 Å². The van der Waals surface area contributed by atoms with Crippen LogP contribution in [-0.2, 0) is 14.2 Å². The van der Waals surface area contributed by atoms with Crippen LogP contribution in [0.2, 0.25) is 0 Å². The lowest BCUT2D eigenvalue weighted by Crippen LogP contribution is -2.79. The summed E-state index contributed by atoms with van der Waals surface area (Å²) in [4.78, 5) is 32.5. The van der Waals surface area contributed by atoms with E-state index in [-0.39, 0.29) is 18.6 Å². The highest BCUT2D eigenvalue weighted by molar-refractivity contribution is 8.01. The van der Waals surface area contributed by atoms with Gasteiger partial charge in [-0.1, -0.05) is 13.3 Å². The Labute approximate surface area is 212 Å². The number of nitro benzene ring substituents is 1. The molecule has 0 aliphatic carbocycles. The lowest BCUT2D eigenvalue weighted by molar-refractivity contribution is -0.936. The molecule has 1 aromatic rings. The lowest BCUT2D eigenvalue weighted by atomic mass is 9.75. The van der Waals surface area contributed by atoms with Crippen LogP contribution in [0.3, 0.4) is 0 Å². The lowest BCUT2D eigenvalue weighted by Gasteiger charge is -2.75. The van der Waals surface area contributed by atoms with Crippen LogP contribution in [-0.4, -0.2) is 56.8 Å². The molecule has 14 heteroatoms. The number of hydroxylamine groups is 4. The molecule has 2 unspecified atom stereocenters. The van der Waals surface area contributed by atoms with Crippen LogP contribution in [0, 0.1) is 26.3 Å². The topological polar surface area (TPSA) is 174 Å². The Morgan fingerprint density at radius 2 is 1.92 bits per heavy atom. The number of hydrogen-bond donors (Lipinski definition) is 2. The Morgan fingerprint density at radius 3 is 2.47 bits per heavy atom. The second-order valence-electron chi connectivity index (χ2n) is 9.39. The highest BCUT2D eigenvalue weighted by Crippen LogP contribution is 2.62. The fraction of sp³-hybridized carbons (Fsp3) is 0.636. The summed E-state index contributed by atoms with van der Waals surface area (Å²) in [7, 11) is 0. The third kappa shape index (κ3) is 5.13. The van der Waals surface area contributed by atoms with Crippen molar-refractivity contribution in [2.24, 2.45) is 0 Å². The third-order valence-electron chi connectivity index (χ3n) is 6.85. The largest absolute Gasteiger partial charge is 0.631 e. The van der Waals surface area contributed by atoms with E-state index in [9.17, 15) is 35.2 Å². The summed E-state index contributed by atoms with van der Waals surface area (Å²) in [5, 5.41) is 49.8. The van der Waals surface area contributed by atoms with Crippen molar-refractivity contribution in [2.75, 3.05) is 13.2 Å². The van der Waals surface area contributed by atoms with Gasteiger partial charge in [-0.3, -0.25) is 10.1 Å². The maximum absolute atomic E-state index is 15.1. The number of carbonyl (C=O) groups is 2. The number of amides is 1. The molecule has 202 valence electrons. The summed E-state index contributed by atoms with van der Waals surface area (Å²) >= 11 is 0.801. The summed E-state index contributed by atoms with van der Waals surface area (Å²) in [6, 6.07) is 2.72. The van der Waals surface area contributed by atoms with E-state index < -0.39 is 61.3 Å². The third-order valence-corrected chi connectivity index (χ3v) is 8.91. The van der Waals surface area contributed by atoms with E-state index in [2.05, 4.69) is 10.1 Å². The standard InChI is InChI=1S/C22H31FN3O9S/c1-6-7-12-34-19(29)35-18(28)24-17-20(2,3)26(32,33)21(4,10-11-27)22(5,36-17)15-13-14(25(30)31)8-9-16(15)23/h8-9,13,17,27H,6-7,10-12H2,1-5H3,(H,24,28)/q-1/t17?,21?,22-/m1/s1. The second kappa shape index (κ2) is 10.8. The summed E-state index contributed by atoms with van der Waals surface area (Å²) in [5.74, 6) is -0.916. The van der Waals surface area contributed by atoms with Gasteiger partial charge in [-0.2, -0.15) is 0 Å². The Morgan fingerprint density at radius 1 is 1.28 bits per heavy atom. The highest BCUT2D eigenvalue weighted by Gasteiger charge is 2.66. The van der Waals surface area contributed by atoms with Gasteiger partial charge < -0.3 is 35.1 Å². The van der Waals surface area contributed by atoms with Crippen LogP contribution in [0.25, 0.3) is 0 Å². The number of non-ortho nitro benzene ring substituents is 1. The summed E-state index contributed by atoms with van der Waals surface area (Å²) in [6.45, 7) is 6.48. The van der Waals surface area contributed by atoms with Gasteiger partial charge in [0.25, 0.3) is 5.69 Å². The number of hydrogen-bond acceptors (Lipinski definition) is 10. The average molecular weight is 533 g/mol. The van der Waals surface area contributed by atoms with Crippen molar-refractivity contribution in [3.63, 3.8) is 0 Å². The minimum absolute atomic E-state index is 0.0249. The number of nitrogens with zero attached hydrogens (tertiary/aromatic N) is 2. The predicted molar refractivity (Wildman–Crippen MR) is 129 cm³/mol. The van der Waals surface area contributed by atoms with Gasteiger partial charge in [-0.05, 0) is 40.2 Å². The van der Waals surface area contributed by atoms with Crippen molar-refractivity contribution in [3.05, 3.63) is 50.1 Å². The number of halogens is 1. The van der Waals surface area contributed by atoms with Crippen LogP contribution >= 0.6 is 11.8 Å². The maximum atomic E-state index is 15.1. The van der Waals surface area contributed by atoms with E-state index in [0.717, 1.165) is 36.4 Å². The zero-order chi connectivity index (χ0) is 27.5.